The fourth-order valence-corrected chi connectivity index (χ4v) is 3.01. The smallest absolute Gasteiger partial charge is 0.189 e. The second-order valence-corrected chi connectivity index (χ2v) is 7.03. The van der Waals surface area contributed by atoms with Crippen LogP contribution in [0.2, 0.25) is 0 Å². The van der Waals surface area contributed by atoms with Gasteiger partial charge in [0.25, 0.3) is 0 Å². The number of hydrogen-bond acceptors (Lipinski definition) is 4. The Bertz CT molecular complexity index is 877. The van der Waals surface area contributed by atoms with E-state index in [0.29, 0.717) is 11.5 Å². The predicted molar refractivity (Wildman–Crippen MR) is 99.5 cm³/mol. The fraction of sp³-hybridized carbons (Fsp3) is 0.400. The van der Waals surface area contributed by atoms with Gasteiger partial charge >= 0.3 is 0 Å². The van der Waals surface area contributed by atoms with Crippen LogP contribution in [0.25, 0.3) is 21.8 Å². The molecule has 0 unspecified atom stereocenters. The first kappa shape index (κ1) is 17.6. The van der Waals surface area contributed by atoms with E-state index < -0.39 is 0 Å². The van der Waals surface area contributed by atoms with Crippen LogP contribution in [0.5, 0.6) is 11.5 Å². The van der Waals surface area contributed by atoms with E-state index >= 15 is 0 Å². The summed E-state index contributed by atoms with van der Waals surface area (Å²) in [5, 5.41) is 2.26. The highest BCUT2D eigenvalue weighted by Crippen LogP contribution is 2.45. The molecule has 0 aliphatic carbocycles. The van der Waals surface area contributed by atoms with E-state index in [1.165, 1.54) is 0 Å². The Hall–Kier alpha value is -2.24. The van der Waals surface area contributed by atoms with Crippen molar-refractivity contribution in [3.8, 4) is 11.5 Å². The Morgan fingerprint density at radius 1 is 0.880 bits per heavy atom. The van der Waals surface area contributed by atoms with Crippen LogP contribution >= 0.6 is 0 Å². The molecule has 134 valence electrons. The number of H-pyrrole nitrogens is 1. The van der Waals surface area contributed by atoms with Crippen LogP contribution in [0.1, 0.15) is 26.3 Å². The zero-order chi connectivity index (χ0) is 18.0. The molecule has 0 atom stereocenters. The topological polar surface area (TPSA) is 52.7 Å². The summed E-state index contributed by atoms with van der Waals surface area (Å²) < 4.78 is 22.1. The van der Waals surface area contributed by atoms with E-state index in [1.807, 2.05) is 12.1 Å². The minimum atomic E-state index is -0.124. The lowest BCUT2D eigenvalue weighted by Crippen LogP contribution is -2.16. The van der Waals surface area contributed by atoms with Crippen molar-refractivity contribution in [1.29, 1.82) is 0 Å². The molecule has 1 heterocycles. The van der Waals surface area contributed by atoms with E-state index in [2.05, 4.69) is 44.0 Å². The van der Waals surface area contributed by atoms with Gasteiger partial charge in [-0.2, -0.15) is 0 Å². The SMILES string of the molecule is COCOc1c(C(C)(C)C)cc2c([nH]c3ccccc32)c1OCOC. The van der Waals surface area contributed by atoms with Crippen LogP contribution in [-0.2, 0) is 14.9 Å². The summed E-state index contributed by atoms with van der Waals surface area (Å²) in [7, 11) is 3.21. The molecule has 5 heteroatoms. The molecule has 0 fully saturated rings. The van der Waals surface area contributed by atoms with Crippen LogP contribution in [0, 0.1) is 0 Å². The van der Waals surface area contributed by atoms with Crippen LogP contribution in [0.4, 0.5) is 0 Å². The van der Waals surface area contributed by atoms with Gasteiger partial charge in [-0.1, -0.05) is 39.0 Å². The number of para-hydroxylation sites is 1. The Morgan fingerprint density at radius 3 is 2.16 bits per heavy atom. The van der Waals surface area contributed by atoms with E-state index in [9.17, 15) is 0 Å². The zero-order valence-electron chi connectivity index (χ0n) is 15.4. The van der Waals surface area contributed by atoms with Crippen LogP contribution in [-0.4, -0.2) is 32.8 Å². The monoisotopic (exact) mass is 343 g/mol. The summed E-state index contributed by atoms with van der Waals surface area (Å²) in [6.07, 6.45) is 0. The van der Waals surface area contributed by atoms with Crippen LogP contribution in [0.15, 0.2) is 30.3 Å². The van der Waals surface area contributed by atoms with Crippen molar-refractivity contribution in [3.05, 3.63) is 35.9 Å². The molecule has 0 aliphatic rings. The molecule has 0 spiro atoms. The highest BCUT2D eigenvalue weighted by molar-refractivity contribution is 6.10. The van der Waals surface area contributed by atoms with Gasteiger partial charge in [0, 0.05) is 36.1 Å². The molecule has 0 saturated heterocycles. The molecule has 1 aromatic heterocycles. The van der Waals surface area contributed by atoms with Crippen molar-refractivity contribution in [2.45, 2.75) is 26.2 Å². The summed E-state index contributed by atoms with van der Waals surface area (Å²) in [4.78, 5) is 3.45. The lowest BCUT2D eigenvalue weighted by Gasteiger charge is -2.25. The Kier molecular flexibility index (Phi) is 4.88. The largest absolute Gasteiger partial charge is 0.463 e. The first-order valence-corrected chi connectivity index (χ1v) is 8.28. The van der Waals surface area contributed by atoms with Gasteiger partial charge < -0.3 is 23.9 Å². The number of hydrogen-bond donors (Lipinski definition) is 1. The maximum atomic E-state index is 5.93. The Morgan fingerprint density at radius 2 is 1.52 bits per heavy atom. The quantitative estimate of drug-likeness (QED) is 0.666. The van der Waals surface area contributed by atoms with Gasteiger partial charge in [0.2, 0.25) is 0 Å². The number of fused-ring (bicyclic) bond motifs is 3. The molecule has 3 aromatic rings. The minimum absolute atomic E-state index is 0.124. The highest BCUT2D eigenvalue weighted by Gasteiger charge is 2.26. The number of aromatic amines is 1. The maximum absolute atomic E-state index is 5.93. The first-order chi connectivity index (χ1) is 12.0. The molecule has 3 rings (SSSR count). The number of nitrogens with one attached hydrogen (secondary N) is 1. The van der Waals surface area contributed by atoms with E-state index in [0.717, 1.165) is 27.4 Å². The molecular formula is C20H25NO4. The first-order valence-electron chi connectivity index (χ1n) is 8.28. The van der Waals surface area contributed by atoms with Crippen LogP contribution < -0.4 is 9.47 Å². The predicted octanol–water partition coefficient (Wildman–Crippen LogP) is 4.58. The van der Waals surface area contributed by atoms with Gasteiger partial charge in [0.15, 0.2) is 25.1 Å². The second kappa shape index (κ2) is 6.94. The van der Waals surface area contributed by atoms with Crippen molar-refractivity contribution in [2.75, 3.05) is 27.8 Å². The van der Waals surface area contributed by atoms with Crippen LogP contribution in [0.3, 0.4) is 0 Å². The maximum Gasteiger partial charge on any atom is 0.189 e. The average Bonchev–Trinajstić information content (AvgIpc) is 2.95. The van der Waals surface area contributed by atoms with Gasteiger partial charge in [-0.25, -0.2) is 0 Å². The zero-order valence-corrected chi connectivity index (χ0v) is 15.4. The number of ether oxygens (including phenoxy) is 4. The molecule has 1 N–H and O–H groups in total. The normalized spacial score (nSPS) is 12.0. The van der Waals surface area contributed by atoms with E-state index in [1.54, 1.807) is 14.2 Å². The van der Waals surface area contributed by atoms with Crippen molar-refractivity contribution in [2.24, 2.45) is 0 Å². The summed E-state index contributed by atoms with van der Waals surface area (Å²) in [5.41, 5.74) is 2.90. The fourth-order valence-electron chi connectivity index (χ4n) is 3.01. The Balaban J connectivity index is 2.35. The highest BCUT2D eigenvalue weighted by atomic mass is 16.7. The molecule has 0 radical (unpaired) electrons. The van der Waals surface area contributed by atoms with Crippen molar-refractivity contribution in [1.82, 2.24) is 4.98 Å². The molecule has 0 bridgehead atoms. The standard InChI is InChI=1S/C20H25NO4/c1-20(2,3)15-10-14-13-8-6-7-9-16(13)21-17(14)19(25-12-23-5)18(15)24-11-22-4/h6-10,21H,11-12H2,1-5H3. The molecular weight excluding hydrogens is 318 g/mol. The third-order valence-corrected chi connectivity index (χ3v) is 4.16. The van der Waals surface area contributed by atoms with Crippen molar-refractivity contribution >= 4 is 21.8 Å². The average molecular weight is 343 g/mol. The van der Waals surface area contributed by atoms with Crippen molar-refractivity contribution in [3.63, 3.8) is 0 Å². The lowest BCUT2D eigenvalue weighted by molar-refractivity contribution is 0.0320. The number of rotatable bonds is 6. The van der Waals surface area contributed by atoms with Gasteiger partial charge in [-0.05, 0) is 17.5 Å². The second-order valence-electron chi connectivity index (χ2n) is 7.03. The molecule has 25 heavy (non-hydrogen) atoms. The van der Waals surface area contributed by atoms with Crippen molar-refractivity contribution < 1.29 is 18.9 Å². The number of benzene rings is 2. The third-order valence-electron chi connectivity index (χ3n) is 4.16. The summed E-state index contributed by atoms with van der Waals surface area (Å²) >= 11 is 0. The summed E-state index contributed by atoms with van der Waals surface area (Å²) in [6, 6.07) is 10.4. The number of aromatic nitrogens is 1. The Labute approximate surface area is 147 Å². The number of methoxy groups -OCH3 is 2. The molecule has 0 aliphatic heterocycles. The molecule has 0 amide bonds. The van der Waals surface area contributed by atoms with Gasteiger partial charge in [0.05, 0.1) is 5.52 Å². The third kappa shape index (κ3) is 3.30. The molecule has 2 aromatic carbocycles. The lowest BCUT2D eigenvalue weighted by atomic mass is 9.85. The van der Waals surface area contributed by atoms with Gasteiger partial charge in [-0.15, -0.1) is 0 Å². The van der Waals surface area contributed by atoms with Gasteiger partial charge in [-0.3, -0.25) is 0 Å². The van der Waals surface area contributed by atoms with E-state index in [4.69, 9.17) is 18.9 Å². The van der Waals surface area contributed by atoms with Gasteiger partial charge in [0.1, 0.15) is 0 Å². The molecule has 5 nitrogen and oxygen atoms in total. The molecule has 0 saturated carbocycles. The minimum Gasteiger partial charge on any atom is -0.463 e. The summed E-state index contributed by atoms with van der Waals surface area (Å²) in [5.74, 6) is 1.34. The summed E-state index contributed by atoms with van der Waals surface area (Å²) in [6.45, 7) is 6.76. The van der Waals surface area contributed by atoms with E-state index in [-0.39, 0.29) is 19.0 Å².